The Balaban J connectivity index is 1.77. The average Bonchev–Trinajstić information content (AvgIpc) is 2.71. The van der Waals surface area contributed by atoms with Crippen LogP contribution in [0.3, 0.4) is 0 Å². The van der Waals surface area contributed by atoms with Crippen molar-refractivity contribution >= 4 is 12.2 Å². The number of fused-ring (bicyclic) bond motifs is 4. The Morgan fingerprint density at radius 1 is 1.00 bits per heavy atom. The smallest absolute Gasteiger partial charge is 0.0535 e. The molecule has 1 aromatic rings. The topological polar surface area (TPSA) is 9.23 Å². The molecule has 22 heavy (non-hydrogen) atoms. The van der Waals surface area contributed by atoms with Gasteiger partial charge >= 0.3 is 0 Å². The number of allylic oxidation sites excluding steroid dienone is 3. The van der Waals surface area contributed by atoms with Crippen LogP contribution in [-0.4, -0.2) is 13.2 Å². The first-order valence-electron chi connectivity index (χ1n) is 8.51. The van der Waals surface area contributed by atoms with Gasteiger partial charge in [0.25, 0.3) is 0 Å². The van der Waals surface area contributed by atoms with E-state index in [0.717, 1.165) is 19.6 Å². The van der Waals surface area contributed by atoms with Crippen molar-refractivity contribution in [3.8, 4) is 0 Å². The highest BCUT2D eigenvalue weighted by atomic mass is 16.5. The molecule has 3 aliphatic rings. The normalized spacial score (nSPS) is 32.5. The molecule has 1 aromatic carbocycles. The van der Waals surface area contributed by atoms with E-state index in [-0.39, 0.29) is 0 Å². The first kappa shape index (κ1) is 14.0. The summed E-state index contributed by atoms with van der Waals surface area (Å²) in [5, 5.41) is 2.78. The molecule has 0 radical (unpaired) electrons. The van der Waals surface area contributed by atoms with Crippen LogP contribution in [0.4, 0.5) is 0 Å². The third kappa shape index (κ3) is 2.38. The van der Waals surface area contributed by atoms with Gasteiger partial charge in [-0.2, -0.15) is 0 Å². The van der Waals surface area contributed by atoms with Crippen molar-refractivity contribution in [3.63, 3.8) is 0 Å². The van der Waals surface area contributed by atoms with Crippen molar-refractivity contribution in [2.75, 3.05) is 13.2 Å². The lowest BCUT2D eigenvalue weighted by molar-refractivity contribution is 0.112. The maximum Gasteiger partial charge on any atom is 0.0535 e. The Labute approximate surface area is 132 Å². The third-order valence-corrected chi connectivity index (χ3v) is 5.43. The Morgan fingerprint density at radius 3 is 2.64 bits per heavy atom. The summed E-state index contributed by atoms with van der Waals surface area (Å²) in [6.07, 6.45) is 13.3. The summed E-state index contributed by atoms with van der Waals surface area (Å²) < 4.78 is 6.04. The molecule has 1 fully saturated rings. The van der Waals surface area contributed by atoms with E-state index in [2.05, 4.69) is 62.4 Å². The van der Waals surface area contributed by atoms with Gasteiger partial charge in [-0.05, 0) is 35.6 Å². The predicted molar refractivity (Wildman–Crippen MR) is 91.7 cm³/mol. The van der Waals surface area contributed by atoms with Gasteiger partial charge in [-0.3, -0.25) is 0 Å². The molecule has 4 rings (SSSR count). The minimum Gasteiger partial charge on any atom is -0.380 e. The van der Waals surface area contributed by atoms with E-state index in [9.17, 15) is 0 Å². The standard InChI is InChI=1S/C21H24O/c1-3-15-5-7-20-18(9-15)12-22-13-19-10-17-8-14(2)4-6-16(17)11-21(19)20/h4-11,18-21H,3,12-13H2,1-2H3. The Morgan fingerprint density at radius 2 is 1.82 bits per heavy atom. The van der Waals surface area contributed by atoms with Crippen LogP contribution in [0.25, 0.3) is 12.2 Å². The van der Waals surface area contributed by atoms with Gasteiger partial charge in [0.15, 0.2) is 0 Å². The average molecular weight is 292 g/mol. The van der Waals surface area contributed by atoms with Gasteiger partial charge in [-0.15, -0.1) is 0 Å². The molecule has 1 nitrogen and oxygen atoms in total. The van der Waals surface area contributed by atoms with Crippen molar-refractivity contribution in [1.82, 2.24) is 0 Å². The molecule has 1 heteroatoms. The molecular weight excluding hydrogens is 268 g/mol. The van der Waals surface area contributed by atoms with Crippen LogP contribution in [0.2, 0.25) is 0 Å². The van der Waals surface area contributed by atoms with Crippen LogP contribution >= 0.6 is 0 Å². The number of rotatable bonds is 1. The molecule has 1 saturated heterocycles. The predicted octanol–water partition coefficient (Wildman–Crippen LogP) is 2.97. The minimum absolute atomic E-state index is 0.505. The second-order valence-corrected chi connectivity index (χ2v) is 6.94. The van der Waals surface area contributed by atoms with Crippen molar-refractivity contribution in [3.05, 3.63) is 58.0 Å². The first-order valence-corrected chi connectivity index (χ1v) is 8.51. The fourth-order valence-electron chi connectivity index (χ4n) is 4.19. The van der Waals surface area contributed by atoms with Gasteiger partial charge in [0.05, 0.1) is 13.2 Å². The van der Waals surface area contributed by atoms with E-state index in [0.29, 0.717) is 23.7 Å². The molecule has 0 N–H and O–H groups in total. The molecule has 1 aliphatic heterocycles. The van der Waals surface area contributed by atoms with Gasteiger partial charge in [0.1, 0.15) is 0 Å². The quantitative estimate of drug-likeness (QED) is 0.773. The summed E-state index contributed by atoms with van der Waals surface area (Å²) in [6.45, 7) is 6.12. The van der Waals surface area contributed by atoms with E-state index in [1.165, 1.54) is 21.6 Å². The van der Waals surface area contributed by atoms with Crippen molar-refractivity contribution < 1.29 is 4.74 Å². The molecule has 0 amide bonds. The summed E-state index contributed by atoms with van der Waals surface area (Å²) in [4.78, 5) is 0. The minimum atomic E-state index is 0.505. The zero-order valence-electron chi connectivity index (χ0n) is 13.5. The molecular formula is C21H24O. The van der Waals surface area contributed by atoms with Gasteiger partial charge in [0.2, 0.25) is 0 Å². The third-order valence-electron chi connectivity index (χ3n) is 5.43. The second-order valence-electron chi connectivity index (χ2n) is 6.94. The van der Waals surface area contributed by atoms with Crippen LogP contribution in [0.15, 0.2) is 42.0 Å². The van der Waals surface area contributed by atoms with Crippen LogP contribution in [-0.2, 0) is 4.74 Å². The highest BCUT2D eigenvalue weighted by Crippen LogP contribution is 2.39. The molecule has 4 atom stereocenters. The Bertz CT molecular complexity index is 753. The molecule has 4 unspecified atom stereocenters. The van der Waals surface area contributed by atoms with Gasteiger partial charge in [-0.1, -0.05) is 66.6 Å². The molecule has 1 heterocycles. The zero-order chi connectivity index (χ0) is 15.1. The maximum absolute atomic E-state index is 6.04. The molecule has 0 bridgehead atoms. The van der Waals surface area contributed by atoms with E-state index >= 15 is 0 Å². The van der Waals surface area contributed by atoms with Crippen LogP contribution in [0.5, 0.6) is 0 Å². The highest BCUT2D eigenvalue weighted by molar-refractivity contribution is 5.46. The van der Waals surface area contributed by atoms with Gasteiger partial charge in [-0.25, -0.2) is 0 Å². The lowest BCUT2D eigenvalue weighted by Gasteiger charge is -2.32. The molecule has 0 spiro atoms. The van der Waals surface area contributed by atoms with E-state index < -0.39 is 0 Å². The van der Waals surface area contributed by atoms with Crippen LogP contribution < -0.4 is 10.4 Å². The molecule has 114 valence electrons. The second kappa shape index (κ2) is 5.55. The SMILES string of the molecule is CCC1=CC2COCC3C=c4cc(C)ccc4=CC3C2C=C1. The number of aryl methyl sites for hydroxylation is 1. The van der Waals surface area contributed by atoms with Crippen molar-refractivity contribution in [1.29, 1.82) is 0 Å². The summed E-state index contributed by atoms with van der Waals surface area (Å²) in [7, 11) is 0. The highest BCUT2D eigenvalue weighted by Gasteiger charge is 2.35. The Hall–Kier alpha value is -1.60. The summed E-state index contributed by atoms with van der Waals surface area (Å²) in [5.74, 6) is 2.18. The number of benzene rings is 1. The number of ether oxygens (including phenoxy) is 1. The zero-order valence-corrected chi connectivity index (χ0v) is 13.5. The van der Waals surface area contributed by atoms with Crippen LogP contribution in [0, 0.1) is 30.6 Å². The maximum atomic E-state index is 6.04. The Kier molecular flexibility index (Phi) is 3.54. The number of hydrogen-bond acceptors (Lipinski definition) is 1. The largest absolute Gasteiger partial charge is 0.380 e. The first-order chi connectivity index (χ1) is 10.7. The summed E-state index contributed by atoms with van der Waals surface area (Å²) in [5.41, 5.74) is 2.79. The number of hydrogen-bond donors (Lipinski definition) is 0. The fourth-order valence-corrected chi connectivity index (χ4v) is 4.19. The van der Waals surface area contributed by atoms with E-state index in [1.807, 2.05) is 0 Å². The van der Waals surface area contributed by atoms with E-state index in [1.54, 1.807) is 0 Å². The van der Waals surface area contributed by atoms with Gasteiger partial charge in [0, 0.05) is 11.8 Å². The summed E-state index contributed by atoms with van der Waals surface area (Å²) >= 11 is 0. The van der Waals surface area contributed by atoms with Crippen molar-refractivity contribution in [2.45, 2.75) is 20.3 Å². The lowest BCUT2D eigenvalue weighted by atomic mass is 9.71. The van der Waals surface area contributed by atoms with E-state index in [4.69, 9.17) is 4.74 Å². The van der Waals surface area contributed by atoms with Gasteiger partial charge < -0.3 is 4.74 Å². The lowest BCUT2D eigenvalue weighted by Crippen LogP contribution is -2.37. The van der Waals surface area contributed by atoms with Crippen molar-refractivity contribution in [2.24, 2.45) is 23.7 Å². The molecule has 0 saturated carbocycles. The monoisotopic (exact) mass is 292 g/mol. The molecule has 0 aromatic heterocycles. The fraction of sp³-hybridized carbons (Fsp3) is 0.429. The molecule has 2 aliphatic carbocycles. The summed E-state index contributed by atoms with van der Waals surface area (Å²) in [6, 6.07) is 6.80. The van der Waals surface area contributed by atoms with Crippen LogP contribution in [0.1, 0.15) is 18.9 Å².